The number of hydrogen-bond acceptors (Lipinski definition) is 4. The molecule has 0 radical (unpaired) electrons. The number of sulfonamides is 1. The van der Waals surface area contributed by atoms with Crippen LogP contribution < -0.4 is 10.0 Å². The Morgan fingerprint density at radius 2 is 1.68 bits per heavy atom. The number of anilines is 3. The van der Waals surface area contributed by atoms with Crippen molar-refractivity contribution >= 4 is 27.2 Å². The van der Waals surface area contributed by atoms with Crippen molar-refractivity contribution in [1.82, 2.24) is 4.98 Å². The van der Waals surface area contributed by atoms with Crippen LogP contribution in [0.15, 0.2) is 36.5 Å². The molecule has 0 saturated heterocycles. The Morgan fingerprint density at radius 3 is 2.14 bits per heavy atom. The van der Waals surface area contributed by atoms with Gasteiger partial charge in [-0.25, -0.2) is 13.4 Å². The van der Waals surface area contributed by atoms with Crippen LogP contribution in [0, 0.1) is 0 Å². The zero-order valence-corrected chi connectivity index (χ0v) is 13.9. The lowest BCUT2D eigenvalue weighted by atomic mass is 10.0. The number of nitrogens with zero attached hydrogens (tertiary/aromatic N) is 1. The molecule has 6 heteroatoms. The molecule has 0 atom stereocenters. The van der Waals surface area contributed by atoms with Gasteiger partial charge in [-0.2, -0.15) is 0 Å². The first-order valence-corrected chi connectivity index (χ1v) is 9.13. The highest BCUT2D eigenvalue weighted by Crippen LogP contribution is 2.26. The Balaban J connectivity index is 2.25. The lowest BCUT2D eigenvalue weighted by molar-refractivity contribution is 0.606. The van der Waals surface area contributed by atoms with E-state index >= 15 is 0 Å². The van der Waals surface area contributed by atoms with Crippen molar-refractivity contribution in [3.8, 4) is 0 Å². The summed E-state index contributed by atoms with van der Waals surface area (Å²) in [7, 11) is -3.30. The smallest absolute Gasteiger partial charge is 0.230 e. The van der Waals surface area contributed by atoms with Gasteiger partial charge in [0.15, 0.2) is 0 Å². The number of benzene rings is 1. The second-order valence-electron chi connectivity index (χ2n) is 5.09. The minimum Gasteiger partial charge on any atom is -0.354 e. The SMILES string of the molecule is CCc1cccc(CC)c1Nc1ccc(NS(C)(=O)=O)nc1. The maximum absolute atomic E-state index is 11.2. The second-order valence-corrected chi connectivity index (χ2v) is 6.84. The average Bonchev–Trinajstić information content (AvgIpc) is 2.48. The van der Waals surface area contributed by atoms with Crippen LogP contribution in [0.3, 0.4) is 0 Å². The molecule has 1 heterocycles. The topological polar surface area (TPSA) is 71.1 Å². The van der Waals surface area contributed by atoms with E-state index in [2.05, 4.69) is 47.1 Å². The average molecular weight is 319 g/mol. The van der Waals surface area contributed by atoms with Crippen LogP contribution in [-0.4, -0.2) is 19.7 Å². The Bertz CT molecular complexity index is 718. The molecule has 5 nitrogen and oxygen atoms in total. The summed E-state index contributed by atoms with van der Waals surface area (Å²) in [6, 6.07) is 9.74. The van der Waals surface area contributed by atoms with Gasteiger partial charge in [0.1, 0.15) is 5.82 Å². The van der Waals surface area contributed by atoms with E-state index in [-0.39, 0.29) is 0 Å². The van der Waals surface area contributed by atoms with Crippen molar-refractivity contribution in [3.63, 3.8) is 0 Å². The zero-order valence-electron chi connectivity index (χ0n) is 13.1. The highest BCUT2D eigenvalue weighted by atomic mass is 32.2. The second kappa shape index (κ2) is 6.79. The van der Waals surface area contributed by atoms with E-state index in [1.165, 1.54) is 11.1 Å². The summed E-state index contributed by atoms with van der Waals surface area (Å²) in [5, 5.41) is 3.39. The van der Waals surface area contributed by atoms with E-state index in [1.807, 2.05) is 6.07 Å². The van der Waals surface area contributed by atoms with E-state index in [1.54, 1.807) is 12.3 Å². The molecule has 0 aliphatic rings. The molecule has 0 amide bonds. The molecule has 0 saturated carbocycles. The summed E-state index contributed by atoms with van der Waals surface area (Å²) in [6.07, 6.45) is 4.61. The number of hydrogen-bond donors (Lipinski definition) is 2. The first kappa shape index (κ1) is 16.3. The molecule has 0 spiro atoms. The van der Waals surface area contributed by atoms with Gasteiger partial charge in [-0.15, -0.1) is 0 Å². The highest BCUT2D eigenvalue weighted by molar-refractivity contribution is 7.92. The monoisotopic (exact) mass is 319 g/mol. The lowest BCUT2D eigenvalue weighted by Gasteiger charge is -2.15. The summed E-state index contributed by atoms with van der Waals surface area (Å²) in [5.74, 6) is 0.313. The van der Waals surface area contributed by atoms with Gasteiger partial charge in [0.2, 0.25) is 10.0 Å². The minimum atomic E-state index is -3.30. The maximum Gasteiger partial charge on any atom is 0.230 e. The van der Waals surface area contributed by atoms with Crippen LogP contribution in [0.4, 0.5) is 17.2 Å². The summed E-state index contributed by atoms with van der Waals surface area (Å²) in [6.45, 7) is 4.24. The zero-order chi connectivity index (χ0) is 16.2. The number of pyridine rings is 1. The van der Waals surface area contributed by atoms with Gasteiger partial charge in [0.25, 0.3) is 0 Å². The van der Waals surface area contributed by atoms with E-state index in [0.29, 0.717) is 5.82 Å². The molecule has 22 heavy (non-hydrogen) atoms. The third-order valence-corrected chi connectivity index (χ3v) is 3.90. The molecule has 2 rings (SSSR count). The molecule has 0 fully saturated rings. The van der Waals surface area contributed by atoms with Gasteiger partial charge in [0.05, 0.1) is 18.1 Å². The molecule has 0 unspecified atom stereocenters. The number of aromatic nitrogens is 1. The fourth-order valence-electron chi connectivity index (χ4n) is 2.27. The summed E-state index contributed by atoms with van der Waals surface area (Å²) in [4.78, 5) is 4.12. The van der Waals surface area contributed by atoms with Crippen molar-refractivity contribution in [3.05, 3.63) is 47.7 Å². The van der Waals surface area contributed by atoms with Crippen molar-refractivity contribution in [2.45, 2.75) is 26.7 Å². The first-order chi connectivity index (χ1) is 10.4. The van der Waals surface area contributed by atoms with Crippen molar-refractivity contribution in [1.29, 1.82) is 0 Å². The molecule has 2 N–H and O–H groups in total. The molecular formula is C16H21N3O2S. The van der Waals surface area contributed by atoms with Gasteiger partial charge in [-0.1, -0.05) is 32.0 Å². The third kappa shape index (κ3) is 4.21. The van der Waals surface area contributed by atoms with Gasteiger partial charge >= 0.3 is 0 Å². The first-order valence-electron chi connectivity index (χ1n) is 7.24. The van der Waals surface area contributed by atoms with Gasteiger partial charge in [0, 0.05) is 5.69 Å². The molecule has 1 aromatic carbocycles. The molecule has 0 aliphatic heterocycles. The van der Waals surface area contributed by atoms with Crippen LogP contribution in [0.5, 0.6) is 0 Å². The molecule has 0 bridgehead atoms. The maximum atomic E-state index is 11.2. The van der Waals surface area contributed by atoms with Gasteiger partial charge in [-0.05, 0) is 36.1 Å². The molecule has 118 valence electrons. The Morgan fingerprint density at radius 1 is 1.05 bits per heavy atom. The summed E-state index contributed by atoms with van der Waals surface area (Å²) >= 11 is 0. The quantitative estimate of drug-likeness (QED) is 0.857. The van der Waals surface area contributed by atoms with Gasteiger partial charge < -0.3 is 5.32 Å². The van der Waals surface area contributed by atoms with Crippen molar-refractivity contribution < 1.29 is 8.42 Å². The van der Waals surface area contributed by atoms with Crippen LogP contribution in [0.2, 0.25) is 0 Å². The van der Waals surface area contributed by atoms with Crippen LogP contribution >= 0.6 is 0 Å². The van der Waals surface area contributed by atoms with Crippen LogP contribution in [0.1, 0.15) is 25.0 Å². The van der Waals surface area contributed by atoms with E-state index in [0.717, 1.165) is 30.5 Å². The van der Waals surface area contributed by atoms with Gasteiger partial charge in [-0.3, -0.25) is 4.72 Å². The fraction of sp³-hybridized carbons (Fsp3) is 0.312. The number of aryl methyl sites for hydroxylation is 2. The van der Waals surface area contributed by atoms with Crippen molar-refractivity contribution in [2.75, 3.05) is 16.3 Å². The predicted molar refractivity (Wildman–Crippen MR) is 91.2 cm³/mol. The predicted octanol–water partition coefficient (Wildman–Crippen LogP) is 3.32. The van der Waals surface area contributed by atoms with E-state index in [4.69, 9.17) is 0 Å². The third-order valence-electron chi connectivity index (χ3n) is 3.32. The van der Waals surface area contributed by atoms with Crippen LogP contribution in [-0.2, 0) is 22.9 Å². The normalized spacial score (nSPS) is 11.2. The lowest BCUT2D eigenvalue weighted by Crippen LogP contribution is -2.10. The van der Waals surface area contributed by atoms with E-state index < -0.39 is 10.0 Å². The standard InChI is InChI=1S/C16H21N3O2S/c1-4-12-7-6-8-13(5-2)16(12)18-14-9-10-15(17-11-14)19-22(3,20)21/h6-11,18H,4-5H2,1-3H3,(H,17,19). The Labute approximate surface area is 131 Å². The highest BCUT2D eigenvalue weighted by Gasteiger charge is 2.07. The van der Waals surface area contributed by atoms with Crippen LogP contribution in [0.25, 0.3) is 0 Å². The molecule has 0 aliphatic carbocycles. The number of rotatable bonds is 6. The minimum absolute atomic E-state index is 0.313. The van der Waals surface area contributed by atoms with Crippen molar-refractivity contribution in [2.24, 2.45) is 0 Å². The van der Waals surface area contributed by atoms with E-state index in [9.17, 15) is 8.42 Å². The Hall–Kier alpha value is -2.08. The largest absolute Gasteiger partial charge is 0.354 e. The molecular weight excluding hydrogens is 298 g/mol. The fourth-order valence-corrected chi connectivity index (χ4v) is 2.77. The molecule has 1 aromatic heterocycles. The summed E-state index contributed by atoms with van der Waals surface area (Å²) in [5.41, 5.74) is 4.43. The Kier molecular flexibility index (Phi) is 5.03. The number of para-hydroxylation sites is 1. The molecule has 2 aromatic rings. The number of nitrogens with one attached hydrogen (secondary N) is 2. The summed E-state index contributed by atoms with van der Waals surface area (Å²) < 4.78 is 24.7.